The number of nitrogens with zero attached hydrogens (tertiary/aromatic N) is 1. The monoisotopic (exact) mass is 259 g/mol. The Hall–Kier alpha value is -1.81. The maximum Gasteiger partial charge on any atom is 0.123 e. The van der Waals surface area contributed by atoms with Gasteiger partial charge in [-0.2, -0.15) is 5.10 Å². The van der Waals surface area contributed by atoms with Crippen molar-refractivity contribution in [3.8, 4) is 5.75 Å². The summed E-state index contributed by atoms with van der Waals surface area (Å²) in [7, 11) is 1.71. The van der Waals surface area contributed by atoms with E-state index in [-0.39, 0.29) is 6.04 Å². The van der Waals surface area contributed by atoms with E-state index in [4.69, 9.17) is 4.74 Å². The molecule has 0 saturated heterocycles. The molecule has 1 aromatic carbocycles. The molecule has 0 aliphatic heterocycles. The Morgan fingerprint density at radius 3 is 2.79 bits per heavy atom. The fourth-order valence-electron chi connectivity index (χ4n) is 2.12. The molecule has 19 heavy (non-hydrogen) atoms. The summed E-state index contributed by atoms with van der Waals surface area (Å²) in [5, 5.41) is 10.5. The molecule has 2 rings (SSSR count). The lowest BCUT2D eigenvalue weighted by molar-refractivity contribution is 0.401. The van der Waals surface area contributed by atoms with Crippen LogP contribution in [0.25, 0.3) is 0 Å². The SMILES string of the molecule is COc1ccc(C)cc1[C@H](C)NCc1cn[nH]c1C. The van der Waals surface area contributed by atoms with E-state index in [1.54, 1.807) is 7.11 Å². The predicted octanol–water partition coefficient (Wildman–Crippen LogP) is 2.89. The second-order valence-corrected chi connectivity index (χ2v) is 4.87. The fraction of sp³-hybridized carbons (Fsp3) is 0.400. The smallest absolute Gasteiger partial charge is 0.123 e. The van der Waals surface area contributed by atoms with Crippen molar-refractivity contribution in [3.63, 3.8) is 0 Å². The molecule has 4 nitrogen and oxygen atoms in total. The minimum absolute atomic E-state index is 0.226. The van der Waals surface area contributed by atoms with Crippen LogP contribution in [0, 0.1) is 13.8 Å². The molecule has 0 aliphatic rings. The molecule has 0 bridgehead atoms. The minimum Gasteiger partial charge on any atom is -0.496 e. The number of rotatable bonds is 5. The Morgan fingerprint density at radius 2 is 2.16 bits per heavy atom. The van der Waals surface area contributed by atoms with Gasteiger partial charge < -0.3 is 10.1 Å². The number of hydrogen-bond donors (Lipinski definition) is 2. The first-order valence-corrected chi connectivity index (χ1v) is 6.48. The Kier molecular flexibility index (Phi) is 4.22. The standard InChI is InChI=1S/C15H21N3O/c1-10-5-6-15(19-4)14(7-10)12(3)16-8-13-9-17-18-11(13)2/h5-7,9,12,16H,8H2,1-4H3,(H,17,18)/t12-/m0/s1. The van der Waals surface area contributed by atoms with Crippen molar-refractivity contribution in [2.45, 2.75) is 33.4 Å². The highest BCUT2D eigenvalue weighted by Crippen LogP contribution is 2.26. The molecule has 4 heteroatoms. The Morgan fingerprint density at radius 1 is 1.37 bits per heavy atom. The number of aryl methyl sites for hydroxylation is 2. The molecule has 2 N–H and O–H groups in total. The van der Waals surface area contributed by atoms with Crippen molar-refractivity contribution in [2.24, 2.45) is 0 Å². The van der Waals surface area contributed by atoms with E-state index in [0.717, 1.165) is 18.0 Å². The van der Waals surface area contributed by atoms with E-state index < -0.39 is 0 Å². The first-order valence-electron chi connectivity index (χ1n) is 6.48. The first kappa shape index (κ1) is 13.6. The van der Waals surface area contributed by atoms with Crippen LogP contribution in [-0.4, -0.2) is 17.3 Å². The zero-order valence-electron chi connectivity index (χ0n) is 11.9. The van der Waals surface area contributed by atoms with Gasteiger partial charge in [0.15, 0.2) is 0 Å². The molecule has 0 spiro atoms. The second-order valence-electron chi connectivity index (χ2n) is 4.87. The number of nitrogens with one attached hydrogen (secondary N) is 2. The number of hydrogen-bond acceptors (Lipinski definition) is 3. The van der Waals surface area contributed by atoms with Gasteiger partial charge in [0.05, 0.1) is 13.3 Å². The van der Waals surface area contributed by atoms with Crippen LogP contribution in [0.3, 0.4) is 0 Å². The molecular weight excluding hydrogens is 238 g/mol. The maximum atomic E-state index is 5.42. The van der Waals surface area contributed by atoms with Gasteiger partial charge in [0.1, 0.15) is 5.75 Å². The molecular formula is C15H21N3O. The molecule has 2 aromatic rings. The number of H-pyrrole nitrogens is 1. The van der Waals surface area contributed by atoms with Gasteiger partial charge in [-0.1, -0.05) is 17.7 Å². The van der Waals surface area contributed by atoms with Crippen molar-refractivity contribution in [1.82, 2.24) is 15.5 Å². The summed E-state index contributed by atoms with van der Waals surface area (Å²) in [4.78, 5) is 0. The van der Waals surface area contributed by atoms with Crippen LogP contribution in [0.5, 0.6) is 5.75 Å². The van der Waals surface area contributed by atoms with Gasteiger partial charge in [0, 0.05) is 29.4 Å². The van der Waals surface area contributed by atoms with Crippen molar-refractivity contribution in [2.75, 3.05) is 7.11 Å². The number of benzene rings is 1. The van der Waals surface area contributed by atoms with Crippen LogP contribution in [-0.2, 0) is 6.54 Å². The summed E-state index contributed by atoms with van der Waals surface area (Å²) in [6.07, 6.45) is 1.86. The molecule has 102 valence electrons. The Bertz CT molecular complexity index is 548. The Balaban J connectivity index is 2.09. The fourth-order valence-corrected chi connectivity index (χ4v) is 2.12. The van der Waals surface area contributed by atoms with Gasteiger partial charge in [-0.15, -0.1) is 0 Å². The molecule has 0 saturated carbocycles. The minimum atomic E-state index is 0.226. The number of ether oxygens (including phenoxy) is 1. The summed E-state index contributed by atoms with van der Waals surface area (Å²) in [6, 6.07) is 6.48. The van der Waals surface area contributed by atoms with Gasteiger partial charge in [-0.05, 0) is 26.8 Å². The van der Waals surface area contributed by atoms with Gasteiger partial charge in [-0.25, -0.2) is 0 Å². The van der Waals surface area contributed by atoms with Crippen LogP contribution in [0.1, 0.15) is 35.3 Å². The summed E-state index contributed by atoms with van der Waals surface area (Å²) in [6.45, 7) is 7.06. The highest BCUT2D eigenvalue weighted by molar-refractivity contribution is 5.38. The summed E-state index contributed by atoms with van der Waals surface area (Å²) in [5.74, 6) is 0.925. The average molecular weight is 259 g/mol. The van der Waals surface area contributed by atoms with Crippen molar-refractivity contribution < 1.29 is 4.74 Å². The highest BCUT2D eigenvalue weighted by Gasteiger charge is 2.12. The van der Waals surface area contributed by atoms with Gasteiger partial charge in [-0.3, -0.25) is 5.10 Å². The lowest BCUT2D eigenvalue weighted by Gasteiger charge is -2.18. The molecule has 1 aromatic heterocycles. The van der Waals surface area contributed by atoms with E-state index in [1.807, 2.05) is 19.2 Å². The molecule has 0 aliphatic carbocycles. The van der Waals surface area contributed by atoms with Gasteiger partial charge in [0.2, 0.25) is 0 Å². The van der Waals surface area contributed by atoms with Crippen LogP contribution < -0.4 is 10.1 Å². The zero-order chi connectivity index (χ0) is 13.8. The summed E-state index contributed by atoms with van der Waals surface area (Å²) >= 11 is 0. The number of aromatic nitrogens is 2. The summed E-state index contributed by atoms with van der Waals surface area (Å²) in [5.41, 5.74) is 4.72. The quantitative estimate of drug-likeness (QED) is 0.868. The van der Waals surface area contributed by atoms with E-state index in [2.05, 4.69) is 41.5 Å². The average Bonchev–Trinajstić information content (AvgIpc) is 2.81. The molecule has 0 radical (unpaired) electrons. The van der Waals surface area contributed by atoms with Crippen molar-refractivity contribution >= 4 is 0 Å². The topological polar surface area (TPSA) is 49.9 Å². The predicted molar refractivity (Wildman–Crippen MR) is 76.3 cm³/mol. The van der Waals surface area contributed by atoms with Crippen LogP contribution >= 0.6 is 0 Å². The van der Waals surface area contributed by atoms with Crippen molar-refractivity contribution in [3.05, 3.63) is 46.8 Å². The highest BCUT2D eigenvalue weighted by atomic mass is 16.5. The molecule has 1 atom stereocenters. The third-order valence-corrected chi connectivity index (χ3v) is 3.38. The molecule has 0 amide bonds. The lowest BCUT2D eigenvalue weighted by atomic mass is 10.0. The second kappa shape index (κ2) is 5.89. The van der Waals surface area contributed by atoms with Crippen LogP contribution in [0.4, 0.5) is 0 Å². The zero-order valence-corrected chi connectivity index (χ0v) is 11.9. The van der Waals surface area contributed by atoms with E-state index >= 15 is 0 Å². The van der Waals surface area contributed by atoms with E-state index in [1.165, 1.54) is 16.7 Å². The van der Waals surface area contributed by atoms with Crippen LogP contribution in [0.15, 0.2) is 24.4 Å². The maximum absolute atomic E-state index is 5.42. The van der Waals surface area contributed by atoms with Crippen LogP contribution in [0.2, 0.25) is 0 Å². The summed E-state index contributed by atoms with van der Waals surface area (Å²) < 4.78 is 5.42. The van der Waals surface area contributed by atoms with Crippen molar-refractivity contribution in [1.29, 1.82) is 0 Å². The number of methoxy groups -OCH3 is 1. The lowest BCUT2D eigenvalue weighted by Crippen LogP contribution is -2.19. The largest absolute Gasteiger partial charge is 0.496 e. The third kappa shape index (κ3) is 3.15. The molecule has 0 fully saturated rings. The van der Waals surface area contributed by atoms with E-state index in [0.29, 0.717) is 0 Å². The van der Waals surface area contributed by atoms with Gasteiger partial charge in [0.25, 0.3) is 0 Å². The van der Waals surface area contributed by atoms with E-state index in [9.17, 15) is 0 Å². The Labute approximate surface area is 114 Å². The third-order valence-electron chi connectivity index (χ3n) is 3.38. The molecule has 1 heterocycles. The first-order chi connectivity index (χ1) is 9.11. The molecule has 0 unspecified atom stereocenters. The normalized spacial score (nSPS) is 12.4. The van der Waals surface area contributed by atoms with Gasteiger partial charge >= 0.3 is 0 Å². The number of aromatic amines is 1.